The van der Waals surface area contributed by atoms with Gasteiger partial charge in [0.25, 0.3) is 0 Å². The van der Waals surface area contributed by atoms with E-state index >= 15 is 0 Å². The van der Waals surface area contributed by atoms with Crippen LogP contribution in [-0.2, 0) is 4.79 Å². The third-order valence-corrected chi connectivity index (χ3v) is 2.77. The second kappa shape index (κ2) is 4.39. The Morgan fingerprint density at radius 1 is 1.44 bits per heavy atom. The summed E-state index contributed by atoms with van der Waals surface area (Å²) in [6.07, 6.45) is 1.76. The van der Waals surface area contributed by atoms with Crippen molar-refractivity contribution in [1.29, 1.82) is 0 Å². The van der Waals surface area contributed by atoms with Gasteiger partial charge in [-0.25, -0.2) is 5.01 Å². The summed E-state index contributed by atoms with van der Waals surface area (Å²) >= 11 is 0. The highest BCUT2D eigenvalue weighted by Crippen LogP contribution is 2.24. The van der Waals surface area contributed by atoms with E-state index in [1.165, 1.54) is 0 Å². The van der Waals surface area contributed by atoms with Crippen LogP contribution in [0.1, 0.15) is 6.92 Å². The van der Waals surface area contributed by atoms with Crippen LogP contribution >= 0.6 is 0 Å². The molecule has 2 rings (SSSR count). The summed E-state index contributed by atoms with van der Waals surface area (Å²) in [4.78, 5) is 11.9. The molecule has 0 bridgehead atoms. The maximum atomic E-state index is 11.9. The van der Waals surface area contributed by atoms with Crippen molar-refractivity contribution in [3.8, 4) is 0 Å². The van der Waals surface area contributed by atoms with E-state index in [0.29, 0.717) is 6.54 Å². The zero-order valence-corrected chi connectivity index (χ0v) is 9.47. The van der Waals surface area contributed by atoms with Gasteiger partial charge in [0.1, 0.15) is 0 Å². The molecular formula is C13H16N2O. The molecule has 1 saturated heterocycles. The third kappa shape index (κ3) is 1.81. The molecule has 3 nitrogen and oxygen atoms in total. The smallest absolute Gasteiger partial charge is 0.246 e. The van der Waals surface area contributed by atoms with Gasteiger partial charge in [0.15, 0.2) is 0 Å². The molecule has 3 heteroatoms. The molecule has 1 fully saturated rings. The van der Waals surface area contributed by atoms with Crippen LogP contribution in [0.5, 0.6) is 0 Å². The number of hydrogen-bond acceptors (Lipinski definition) is 2. The van der Waals surface area contributed by atoms with Gasteiger partial charge in [-0.15, -0.1) is 6.58 Å². The Hall–Kier alpha value is -1.77. The molecule has 0 radical (unpaired) electrons. The molecular weight excluding hydrogens is 200 g/mol. The highest BCUT2D eigenvalue weighted by Gasteiger charge is 2.34. The summed E-state index contributed by atoms with van der Waals surface area (Å²) in [5, 5.41) is 3.78. The van der Waals surface area contributed by atoms with E-state index in [-0.39, 0.29) is 11.8 Å². The monoisotopic (exact) mass is 216 g/mol. The average molecular weight is 216 g/mol. The van der Waals surface area contributed by atoms with E-state index in [4.69, 9.17) is 0 Å². The molecule has 0 unspecified atom stereocenters. The van der Waals surface area contributed by atoms with Crippen molar-refractivity contribution in [2.45, 2.75) is 6.92 Å². The van der Waals surface area contributed by atoms with Crippen LogP contribution in [0.25, 0.3) is 0 Å². The van der Waals surface area contributed by atoms with Crippen LogP contribution < -0.4 is 5.01 Å². The van der Waals surface area contributed by atoms with Gasteiger partial charge in [-0.05, 0) is 12.1 Å². The molecule has 1 heterocycles. The zero-order valence-electron chi connectivity index (χ0n) is 9.47. The second-order valence-corrected chi connectivity index (χ2v) is 4.03. The van der Waals surface area contributed by atoms with E-state index < -0.39 is 0 Å². The van der Waals surface area contributed by atoms with Gasteiger partial charge in [0, 0.05) is 0 Å². The molecule has 1 aliphatic heterocycles. The summed E-state index contributed by atoms with van der Waals surface area (Å²) in [5.74, 6) is 0.226. The van der Waals surface area contributed by atoms with Crippen molar-refractivity contribution in [1.82, 2.24) is 5.01 Å². The largest absolute Gasteiger partial charge is 0.282 e. The standard InChI is InChI=1S/C13H16N2O/c1-3-9-14-13(16)11(2)10-15(14)12-7-5-4-6-8-12/h3-8,11H,1,9-10H2,2H3/t11-/m1/s1. The van der Waals surface area contributed by atoms with Gasteiger partial charge >= 0.3 is 0 Å². The van der Waals surface area contributed by atoms with Crippen molar-refractivity contribution in [2.75, 3.05) is 18.1 Å². The minimum absolute atomic E-state index is 0.0557. The first-order chi connectivity index (χ1) is 7.74. The number of hydrazine groups is 1. The lowest BCUT2D eigenvalue weighted by Crippen LogP contribution is -2.39. The lowest BCUT2D eigenvalue weighted by atomic mass is 10.2. The fourth-order valence-corrected chi connectivity index (χ4v) is 1.97. The summed E-state index contributed by atoms with van der Waals surface area (Å²) < 4.78 is 0. The molecule has 1 amide bonds. The van der Waals surface area contributed by atoms with E-state index in [1.807, 2.05) is 42.3 Å². The van der Waals surface area contributed by atoms with E-state index in [0.717, 1.165) is 12.2 Å². The number of para-hydroxylation sites is 1. The Morgan fingerprint density at radius 2 is 2.12 bits per heavy atom. The average Bonchev–Trinajstić information content (AvgIpc) is 2.59. The molecule has 0 aromatic heterocycles. The number of carbonyl (C=O) groups is 1. The second-order valence-electron chi connectivity index (χ2n) is 4.03. The summed E-state index contributed by atoms with van der Waals surface area (Å²) in [6, 6.07) is 9.97. The van der Waals surface area contributed by atoms with Crippen LogP contribution in [0, 0.1) is 5.92 Å². The number of rotatable bonds is 3. The quantitative estimate of drug-likeness (QED) is 0.722. The number of hydrogen-bond donors (Lipinski definition) is 0. The number of benzene rings is 1. The molecule has 0 saturated carbocycles. The van der Waals surface area contributed by atoms with Gasteiger partial charge in [0.05, 0.1) is 24.7 Å². The first kappa shape index (κ1) is 10.7. The molecule has 0 spiro atoms. The third-order valence-electron chi connectivity index (χ3n) is 2.77. The topological polar surface area (TPSA) is 23.6 Å². The molecule has 16 heavy (non-hydrogen) atoms. The van der Waals surface area contributed by atoms with Gasteiger partial charge in [-0.1, -0.05) is 31.2 Å². The van der Waals surface area contributed by atoms with E-state index in [1.54, 1.807) is 11.1 Å². The summed E-state index contributed by atoms with van der Waals surface area (Å²) in [7, 11) is 0. The zero-order chi connectivity index (χ0) is 11.5. The van der Waals surface area contributed by atoms with Crippen molar-refractivity contribution in [2.24, 2.45) is 5.92 Å². The lowest BCUT2D eigenvalue weighted by molar-refractivity contribution is -0.130. The van der Waals surface area contributed by atoms with Crippen molar-refractivity contribution < 1.29 is 4.79 Å². The molecule has 1 aromatic rings. The Bertz CT molecular complexity index is 388. The minimum Gasteiger partial charge on any atom is -0.282 e. The Labute approximate surface area is 95.9 Å². The maximum absolute atomic E-state index is 11.9. The summed E-state index contributed by atoms with van der Waals surface area (Å²) in [6.45, 7) is 6.97. The van der Waals surface area contributed by atoms with Gasteiger partial charge in [-0.3, -0.25) is 9.80 Å². The summed E-state index contributed by atoms with van der Waals surface area (Å²) in [5.41, 5.74) is 1.06. The SMILES string of the molecule is C=CCN1C(=O)[C@H](C)CN1c1ccccc1. The van der Waals surface area contributed by atoms with Gasteiger partial charge < -0.3 is 0 Å². The highest BCUT2D eigenvalue weighted by atomic mass is 16.2. The first-order valence-electron chi connectivity index (χ1n) is 5.49. The normalized spacial score (nSPS) is 20.3. The van der Waals surface area contributed by atoms with Crippen LogP contribution in [0.4, 0.5) is 5.69 Å². The van der Waals surface area contributed by atoms with Gasteiger partial charge in [-0.2, -0.15) is 0 Å². The fourth-order valence-electron chi connectivity index (χ4n) is 1.97. The Balaban J connectivity index is 2.27. The van der Waals surface area contributed by atoms with Crippen molar-refractivity contribution in [3.05, 3.63) is 43.0 Å². The number of amides is 1. The molecule has 1 aromatic carbocycles. The van der Waals surface area contributed by atoms with E-state index in [2.05, 4.69) is 6.58 Å². The fraction of sp³-hybridized carbons (Fsp3) is 0.308. The van der Waals surface area contributed by atoms with Crippen LogP contribution in [0.3, 0.4) is 0 Å². The maximum Gasteiger partial charge on any atom is 0.246 e. The predicted molar refractivity (Wildman–Crippen MR) is 64.9 cm³/mol. The molecule has 0 aliphatic carbocycles. The molecule has 84 valence electrons. The number of anilines is 1. The van der Waals surface area contributed by atoms with Crippen LogP contribution in [-0.4, -0.2) is 24.0 Å². The van der Waals surface area contributed by atoms with Crippen LogP contribution in [0.15, 0.2) is 43.0 Å². The lowest BCUT2D eigenvalue weighted by Gasteiger charge is -2.28. The first-order valence-corrected chi connectivity index (χ1v) is 5.49. The Morgan fingerprint density at radius 3 is 2.75 bits per heavy atom. The highest BCUT2D eigenvalue weighted by molar-refractivity contribution is 5.84. The number of carbonyl (C=O) groups excluding carboxylic acids is 1. The molecule has 1 aliphatic rings. The number of nitrogens with zero attached hydrogens (tertiary/aromatic N) is 2. The minimum atomic E-state index is 0.0557. The van der Waals surface area contributed by atoms with E-state index in [9.17, 15) is 4.79 Å². The van der Waals surface area contributed by atoms with Crippen molar-refractivity contribution in [3.63, 3.8) is 0 Å². The van der Waals surface area contributed by atoms with Gasteiger partial charge in [0.2, 0.25) is 5.91 Å². The molecule has 1 atom stereocenters. The predicted octanol–water partition coefficient (Wildman–Crippen LogP) is 2.07. The Kier molecular flexibility index (Phi) is 2.95. The van der Waals surface area contributed by atoms with Crippen LogP contribution in [0.2, 0.25) is 0 Å². The molecule has 0 N–H and O–H groups in total. The van der Waals surface area contributed by atoms with Crippen molar-refractivity contribution >= 4 is 11.6 Å².